The molecule has 0 bridgehead atoms. The van der Waals surface area contributed by atoms with Gasteiger partial charge in [-0.2, -0.15) is 5.10 Å². The number of aryl methyl sites for hydroxylation is 3. The lowest BCUT2D eigenvalue weighted by atomic mass is 9.99. The molecule has 0 spiro atoms. The van der Waals surface area contributed by atoms with Crippen LogP contribution in [0.5, 0.6) is 0 Å². The van der Waals surface area contributed by atoms with Crippen LogP contribution in [0.25, 0.3) is 33.4 Å². The zero-order valence-electron chi connectivity index (χ0n) is 18.8. The number of nitrogens with zero attached hydrogens (tertiary/aromatic N) is 3. The largest absolute Gasteiger partial charge is 0.368 e. The second-order valence-electron chi connectivity index (χ2n) is 7.95. The summed E-state index contributed by atoms with van der Waals surface area (Å²) in [6.45, 7) is 10.5. The molecule has 2 heterocycles. The molecular weight excluding hydrogens is 386 g/mol. The van der Waals surface area contributed by atoms with Crippen LogP contribution < -0.4 is 11.0 Å². The van der Waals surface area contributed by atoms with Gasteiger partial charge >= 0.3 is 5.69 Å². The van der Waals surface area contributed by atoms with Gasteiger partial charge in [0.2, 0.25) is 0 Å². The molecule has 4 aromatic rings. The van der Waals surface area contributed by atoms with Gasteiger partial charge in [0.25, 0.3) is 0 Å². The maximum absolute atomic E-state index is 12.8. The molecule has 0 amide bonds. The van der Waals surface area contributed by atoms with Crippen molar-refractivity contribution in [3.8, 4) is 22.4 Å². The SMILES string of the molecule is CCCCNc1n[nH]c(-c2cccc(C)c2)c1-c1ccc2c(c1)n(CC)c(=O)n2CC. The summed E-state index contributed by atoms with van der Waals surface area (Å²) in [5.74, 6) is 0.852. The Balaban J connectivity index is 1.92. The van der Waals surface area contributed by atoms with Gasteiger partial charge in [-0.3, -0.25) is 14.2 Å². The summed E-state index contributed by atoms with van der Waals surface area (Å²) in [5, 5.41) is 11.4. The molecule has 4 rings (SSSR count). The van der Waals surface area contributed by atoms with Gasteiger partial charge in [0, 0.05) is 25.2 Å². The number of unbranched alkanes of at least 4 members (excludes halogenated alkanes) is 1. The molecule has 2 aromatic heterocycles. The third-order valence-corrected chi connectivity index (χ3v) is 5.84. The smallest absolute Gasteiger partial charge is 0.329 e. The molecule has 162 valence electrons. The molecule has 0 fully saturated rings. The van der Waals surface area contributed by atoms with Crippen molar-refractivity contribution in [3.05, 3.63) is 58.5 Å². The first-order valence-corrected chi connectivity index (χ1v) is 11.2. The summed E-state index contributed by atoms with van der Waals surface area (Å²) in [7, 11) is 0. The van der Waals surface area contributed by atoms with Crippen molar-refractivity contribution in [3.63, 3.8) is 0 Å². The molecule has 0 saturated heterocycles. The molecule has 0 atom stereocenters. The number of hydrogen-bond acceptors (Lipinski definition) is 3. The van der Waals surface area contributed by atoms with E-state index in [-0.39, 0.29) is 5.69 Å². The number of imidazole rings is 1. The quantitative estimate of drug-likeness (QED) is 0.376. The van der Waals surface area contributed by atoms with Gasteiger partial charge in [-0.25, -0.2) is 4.79 Å². The second-order valence-corrected chi connectivity index (χ2v) is 7.95. The van der Waals surface area contributed by atoms with Crippen LogP contribution in [0.4, 0.5) is 5.82 Å². The number of hydrogen-bond donors (Lipinski definition) is 2. The van der Waals surface area contributed by atoms with Crippen molar-refractivity contribution in [2.24, 2.45) is 0 Å². The lowest BCUT2D eigenvalue weighted by Crippen LogP contribution is -2.22. The Morgan fingerprint density at radius 1 is 0.968 bits per heavy atom. The molecule has 2 N–H and O–H groups in total. The highest BCUT2D eigenvalue weighted by Gasteiger charge is 2.19. The molecule has 2 aromatic carbocycles. The molecule has 0 aliphatic carbocycles. The Kier molecular flexibility index (Phi) is 5.98. The van der Waals surface area contributed by atoms with E-state index in [1.807, 2.05) is 23.0 Å². The first-order valence-electron chi connectivity index (χ1n) is 11.2. The fraction of sp³-hybridized carbons (Fsp3) is 0.360. The first kappa shape index (κ1) is 21.0. The topological polar surface area (TPSA) is 67.6 Å². The third kappa shape index (κ3) is 3.78. The lowest BCUT2D eigenvalue weighted by Gasteiger charge is -2.10. The molecule has 0 saturated carbocycles. The summed E-state index contributed by atoms with van der Waals surface area (Å²) in [6.07, 6.45) is 2.20. The highest BCUT2D eigenvalue weighted by atomic mass is 16.1. The van der Waals surface area contributed by atoms with E-state index in [2.05, 4.69) is 71.8 Å². The minimum atomic E-state index is 0.0459. The molecule has 0 aliphatic heterocycles. The minimum absolute atomic E-state index is 0.0459. The molecule has 6 heteroatoms. The number of rotatable bonds is 8. The van der Waals surface area contributed by atoms with Gasteiger partial charge in [-0.1, -0.05) is 43.2 Å². The highest BCUT2D eigenvalue weighted by Crippen LogP contribution is 2.37. The Morgan fingerprint density at radius 3 is 2.45 bits per heavy atom. The Bertz CT molecular complexity index is 1260. The van der Waals surface area contributed by atoms with Gasteiger partial charge < -0.3 is 5.32 Å². The van der Waals surface area contributed by atoms with Gasteiger partial charge in [0.15, 0.2) is 5.82 Å². The zero-order valence-corrected chi connectivity index (χ0v) is 18.8. The summed E-state index contributed by atoms with van der Waals surface area (Å²) in [6, 6.07) is 14.7. The Hall–Kier alpha value is -3.28. The van der Waals surface area contributed by atoms with Crippen molar-refractivity contribution in [1.82, 2.24) is 19.3 Å². The number of nitrogens with one attached hydrogen (secondary N) is 2. The van der Waals surface area contributed by atoms with Crippen molar-refractivity contribution < 1.29 is 0 Å². The van der Waals surface area contributed by atoms with Gasteiger partial charge in [0.05, 0.1) is 22.3 Å². The highest BCUT2D eigenvalue weighted by molar-refractivity contribution is 5.92. The van der Waals surface area contributed by atoms with E-state index in [0.29, 0.717) is 13.1 Å². The molecular formula is C25H31N5O. The maximum atomic E-state index is 12.8. The average molecular weight is 418 g/mol. The molecule has 31 heavy (non-hydrogen) atoms. The lowest BCUT2D eigenvalue weighted by molar-refractivity contribution is 0.671. The Labute approximate surface area is 182 Å². The fourth-order valence-corrected chi connectivity index (χ4v) is 4.23. The number of aromatic amines is 1. The van der Waals surface area contributed by atoms with Crippen LogP contribution in [0.1, 0.15) is 39.2 Å². The fourth-order valence-electron chi connectivity index (χ4n) is 4.23. The number of H-pyrrole nitrogens is 1. The van der Waals surface area contributed by atoms with Crippen molar-refractivity contribution >= 4 is 16.9 Å². The van der Waals surface area contributed by atoms with E-state index >= 15 is 0 Å². The molecule has 0 aliphatic rings. The van der Waals surface area contributed by atoms with Crippen LogP contribution in [0.15, 0.2) is 47.3 Å². The third-order valence-electron chi connectivity index (χ3n) is 5.84. The predicted octanol–water partition coefficient (Wildman–Crippen LogP) is 5.42. The summed E-state index contributed by atoms with van der Waals surface area (Å²) in [5.41, 5.74) is 7.36. The monoisotopic (exact) mass is 417 g/mol. The summed E-state index contributed by atoms with van der Waals surface area (Å²) in [4.78, 5) is 12.8. The van der Waals surface area contributed by atoms with Crippen LogP contribution in [0.3, 0.4) is 0 Å². The van der Waals surface area contributed by atoms with Crippen molar-refractivity contribution in [2.45, 2.75) is 53.6 Å². The van der Waals surface area contributed by atoms with E-state index in [1.54, 1.807) is 0 Å². The van der Waals surface area contributed by atoms with Crippen LogP contribution in [-0.4, -0.2) is 25.9 Å². The number of aromatic nitrogens is 4. The maximum Gasteiger partial charge on any atom is 0.329 e. The van der Waals surface area contributed by atoms with Crippen LogP contribution in [0.2, 0.25) is 0 Å². The predicted molar refractivity (Wildman–Crippen MR) is 129 cm³/mol. The number of benzene rings is 2. The van der Waals surface area contributed by atoms with Gasteiger partial charge in [-0.05, 0) is 51.0 Å². The first-order chi connectivity index (χ1) is 15.1. The van der Waals surface area contributed by atoms with Gasteiger partial charge in [0.1, 0.15) is 0 Å². The van der Waals surface area contributed by atoms with E-state index in [1.165, 1.54) is 5.56 Å². The van der Waals surface area contributed by atoms with E-state index < -0.39 is 0 Å². The van der Waals surface area contributed by atoms with Crippen molar-refractivity contribution in [2.75, 3.05) is 11.9 Å². The molecule has 0 unspecified atom stereocenters. The van der Waals surface area contributed by atoms with Crippen LogP contribution >= 0.6 is 0 Å². The van der Waals surface area contributed by atoms with Crippen LogP contribution in [-0.2, 0) is 13.1 Å². The van der Waals surface area contributed by atoms with Crippen molar-refractivity contribution in [1.29, 1.82) is 0 Å². The number of anilines is 1. The Morgan fingerprint density at radius 2 is 1.74 bits per heavy atom. The van der Waals surface area contributed by atoms with E-state index in [0.717, 1.165) is 58.6 Å². The normalized spacial score (nSPS) is 11.4. The van der Waals surface area contributed by atoms with Crippen LogP contribution in [0, 0.1) is 6.92 Å². The van der Waals surface area contributed by atoms with E-state index in [4.69, 9.17) is 0 Å². The zero-order chi connectivity index (χ0) is 22.0. The average Bonchev–Trinajstić information content (AvgIpc) is 3.31. The molecule has 6 nitrogen and oxygen atoms in total. The second kappa shape index (κ2) is 8.84. The summed E-state index contributed by atoms with van der Waals surface area (Å²) >= 11 is 0. The minimum Gasteiger partial charge on any atom is -0.368 e. The number of fused-ring (bicyclic) bond motifs is 1. The molecule has 0 radical (unpaired) electrons. The standard InChI is InChI=1S/C25H31N5O/c1-5-8-14-26-24-22(23(27-28-24)19-11-9-10-17(4)15-19)18-12-13-20-21(16-18)30(7-3)25(31)29(20)6-2/h9-13,15-16H,5-8,14H2,1-4H3,(H2,26,27,28). The summed E-state index contributed by atoms with van der Waals surface area (Å²) < 4.78 is 3.68. The van der Waals surface area contributed by atoms with E-state index in [9.17, 15) is 4.79 Å². The van der Waals surface area contributed by atoms with Gasteiger partial charge in [-0.15, -0.1) is 0 Å².